The molecule has 0 radical (unpaired) electrons. The summed E-state index contributed by atoms with van der Waals surface area (Å²) in [5, 5.41) is 9.37. The third-order valence-electron chi connectivity index (χ3n) is 5.45. The number of aromatic nitrogens is 4. The molecule has 5 heteroatoms. The molecule has 3 heterocycles. The molecule has 0 spiro atoms. The van der Waals surface area contributed by atoms with Crippen LogP contribution < -0.4 is 4.90 Å². The van der Waals surface area contributed by atoms with Gasteiger partial charge in [0, 0.05) is 30.2 Å². The van der Waals surface area contributed by atoms with Crippen molar-refractivity contribution in [3.8, 4) is 11.3 Å². The van der Waals surface area contributed by atoms with Gasteiger partial charge in [0.05, 0.1) is 11.2 Å². The summed E-state index contributed by atoms with van der Waals surface area (Å²) in [6.07, 6.45) is 4.40. The van der Waals surface area contributed by atoms with Crippen LogP contribution in [0.4, 0.5) is 5.82 Å². The second-order valence-electron chi connectivity index (χ2n) is 7.44. The maximum Gasteiger partial charge on any atom is 0.140 e. The molecule has 0 bridgehead atoms. The van der Waals surface area contributed by atoms with Gasteiger partial charge >= 0.3 is 0 Å². The summed E-state index contributed by atoms with van der Waals surface area (Å²) in [5.74, 6) is 0.992. The molecule has 0 saturated carbocycles. The highest BCUT2D eigenvalue weighted by atomic mass is 15.2. The Morgan fingerprint density at radius 2 is 1.89 bits per heavy atom. The molecular weight excluding hydrogens is 346 g/mol. The van der Waals surface area contributed by atoms with E-state index >= 15 is 0 Å². The van der Waals surface area contributed by atoms with Crippen LogP contribution in [0, 0.1) is 13.8 Å². The van der Waals surface area contributed by atoms with Gasteiger partial charge in [-0.2, -0.15) is 10.2 Å². The Hall–Kier alpha value is -3.34. The fourth-order valence-electron chi connectivity index (χ4n) is 4.05. The van der Waals surface area contributed by atoms with Crippen molar-refractivity contribution in [2.75, 3.05) is 11.4 Å². The molecule has 0 N–H and O–H groups in total. The van der Waals surface area contributed by atoms with Crippen LogP contribution in [-0.4, -0.2) is 26.7 Å². The van der Waals surface area contributed by atoms with Gasteiger partial charge in [-0.25, -0.2) is 9.97 Å². The van der Waals surface area contributed by atoms with E-state index in [2.05, 4.69) is 69.2 Å². The van der Waals surface area contributed by atoms with Crippen LogP contribution in [-0.2, 0) is 13.0 Å². The normalized spacial score (nSPS) is 13.6. The first-order chi connectivity index (χ1) is 13.7. The van der Waals surface area contributed by atoms with Crippen LogP contribution >= 0.6 is 0 Å². The van der Waals surface area contributed by atoms with Crippen molar-refractivity contribution in [2.24, 2.45) is 0 Å². The molecule has 1 aliphatic rings. The van der Waals surface area contributed by atoms with Gasteiger partial charge in [0.25, 0.3) is 0 Å². The molecule has 0 amide bonds. The summed E-state index contributed by atoms with van der Waals surface area (Å²) in [6, 6.07) is 14.9. The number of fused-ring (bicyclic) bond motifs is 2. The molecule has 5 rings (SSSR count). The maximum absolute atomic E-state index is 4.68. The molecule has 0 aliphatic carbocycles. The van der Waals surface area contributed by atoms with Gasteiger partial charge in [0.1, 0.15) is 12.1 Å². The lowest BCUT2D eigenvalue weighted by molar-refractivity contribution is 0.722. The highest BCUT2D eigenvalue weighted by Gasteiger charge is 2.20. The summed E-state index contributed by atoms with van der Waals surface area (Å²) >= 11 is 0. The zero-order valence-corrected chi connectivity index (χ0v) is 16.1. The van der Waals surface area contributed by atoms with Crippen LogP contribution in [0.1, 0.15) is 22.3 Å². The van der Waals surface area contributed by atoms with E-state index in [-0.39, 0.29) is 0 Å². The highest BCUT2D eigenvalue weighted by Crippen LogP contribution is 2.32. The fourth-order valence-corrected chi connectivity index (χ4v) is 4.05. The van der Waals surface area contributed by atoms with Crippen LogP contribution in [0.3, 0.4) is 0 Å². The van der Waals surface area contributed by atoms with Gasteiger partial charge in [0.2, 0.25) is 0 Å². The van der Waals surface area contributed by atoms with Gasteiger partial charge in [-0.05, 0) is 61.2 Å². The molecule has 2 aromatic heterocycles. The quantitative estimate of drug-likeness (QED) is 0.530. The van der Waals surface area contributed by atoms with Gasteiger partial charge in [-0.15, -0.1) is 0 Å². The van der Waals surface area contributed by atoms with Gasteiger partial charge < -0.3 is 4.90 Å². The molecule has 0 unspecified atom stereocenters. The Balaban J connectivity index is 1.63. The molecule has 0 atom stereocenters. The molecule has 5 nitrogen and oxygen atoms in total. The summed E-state index contributed by atoms with van der Waals surface area (Å²) in [4.78, 5) is 11.6. The molecule has 138 valence electrons. The van der Waals surface area contributed by atoms with Crippen molar-refractivity contribution in [1.29, 1.82) is 0 Å². The Morgan fingerprint density at radius 1 is 0.964 bits per heavy atom. The van der Waals surface area contributed by atoms with Crippen LogP contribution in [0.15, 0.2) is 55.0 Å². The van der Waals surface area contributed by atoms with Crippen molar-refractivity contribution in [2.45, 2.75) is 26.8 Å². The van der Waals surface area contributed by atoms with Crippen LogP contribution in [0.2, 0.25) is 0 Å². The van der Waals surface area contributed by atoms with Crippen molar-refractivity contribution in [3.05, 3.63) is 77.2 Å². The Morgan fingerprint density at radius 3 is 2.75 bits per heavy atom. The van der Waals surface area contributed by atoms with Gasteiger partial charge in [-0.3, -0.25) is 0 Å². The van der Waals surface area contributed by atoms with E-state index < -0.39 is 0 Å². The summed E-state index contributed by atoms with van der Waals surface area (Å²) in [7, 11) is 0. The lowest BCUT2D eigenvalue weighted by Crippen LogP contribution is -2.31. The summed E-state index contributed by atoms with van der Waals surface area (Å²) < 4.78 is 0. The topological polar surface area (TPSA) is 54.8 Å². The van der Waals surface area contributed by atoms with E-state index in [0.717, 1.165) is 53.1 Å². The molecule has 0 saturated heterocycles. The number of rotatable bonds is 2. The van der Waals surface area contributed by atoms with Gasteiger partial charge in [-0.1, -0.05) is 23.8 Å². The van der Waals surface area contributed by atoms with E-state index in [1.807, 2.05) is 12.1 Å². The first-order valence-corrected chi connectivity index (χ1v) is 9.56. The van der Waals surface area contributed by atoms with Crippen LogP contribution in [0.25, 0.3) is 22.2 Å². The van der Waals surface area contributed by atoms with E-state index in [1.165, 1.54) is 16.7 Å². The predicted molar refractivity (Wildman–Crippen MR) is 111 cm³/mol. The third kappa shape index (κ3) is 2.89. The number of anilines is 1. The largest absolute Gasteiger partial charge is 0.351 e. The van der Waals surface area contributed by atoms with Crippen molar-refractivity contribution in [1.82, 2.24) is 20.2 Å². The average molecular weight is 367 g/mol. The second-order valence-corrected chi connectivity index (χ2v) is 7.44. The van der Waals surface area contributed by atoms with E-state index in [4.69, 9.17) is 0 Å². The SMILES string of the molecule is Cc1ccc2c(c1)CN(c1ncnc3c(C)cc(-c4cccnn4)cc13)CC2. The highest BCUT2D eigenvalue weighted by molar-refractivity contribution is 5.94. The molecule has 4 aromatic rings. The van der Waals surface area contributed by atoms with Crippen molar-refractivity contribution < 1.29 is 0 Å². The van der Waals surface area contributed by atoms with E-state index in [0.29, 0.717) is 0 Å². The number of hydrogen-bond acceptors (Lipinski definition) is 5. The number of hydrogen-bond donors (Lipinski definition) is 0. The smallest absolute Gasteiger partial charge is 0.140 e. The Kier molecular flexibility index (Phi) is 4.01. The Labute approximate surface area is 164 Å². The summed E-state index contributed by atoms with van der Waals surface area (Å²) in [6.45, 7) is 6.07. The minimum Gasteiger partial charge on any atom is -0.351 e. The lowest BCUT2D eigenvalue weighted by atomic mass is 9.97. The molecule has 28 heavy (non-hydrogen) atoms. The van der Waals surface area contributed by atoms with E-state index in [9.17, 15) is 0 Å². The predicted octanol–water partition coefficient (Wildman–Crippen LogP) is 4.27. The molecular formula is C23H21N5. The number of aryl methyl sites for hydroxylation is 2. The minimum atomic E-state index is 0.863. The first-order valence-electron chi connectivity index (χ1n) is 9.56. The fraction of sp³-hybridized carbons (Fsp3) is 0.217. The maximum atomic E-state index is 4.68. The molecule has 1 aliphatic heterocycles. The first kappa shape index (κ1) is 16.8. The lowest BCUT2D eigenvalue weighted by Gasteiger charge is -2.31. The van der Waals surface area contributed by atoms with Crippen molar-refractivity contribution >= 4 is 16.7 Å². The van der Waals surface area contributed by atoms with E-state index in [1.54, 1.807) is 12.5 Å². The third-order valence-corrected chi connectivity index (χ3v) is 5.45. The average Bonchev–Trinajstić information content (AvgIpc) is 2.73. The minimum absolute atomic E-state index is 0.863. The number of benzene rings is 2. The van der Waals surface area contributed by atoms with Gasteiger partial charge in [0.15, 0.2) is 0 Å². The van der Waals surface area contributed by atoms with Crippen LogP contribution in [0.5, 0.6) is 0 Å². The zero-order valence-electron chi connectivity index (χ0n) is 16.1. The Bertz CT molecular complexity index is 1170. The second kappa shape index (κ2) is 6.68. The number of nitrogens with zero attached hydrogens (tertiary/aromatic N) is 5. The van der Waals surface area contributed by atoms with Crippen molar-refractivity contribution in [3.63, 3.8) is 0 Å². The monoisotopic (exact) mass is 367 g/mol. The zero-order chi connectivity index (χ0) is 19.1. The summed E-state index contributed by atoms with van der Waals surface area (Å²) in [5.41, 5.74) is 8.15. The molecule has 2 aromatic carbocycles. The molecule has 0 fully saturated rings. The standard InChI is InChI=1S/C23H21N5/c1-15-5-6-17-7-9-28(13-19(17)10-15)23-20-12-18(21-4-3-8-26-27-21)11-16(2)22(20)24-14-25-23/h3-6,8,10-12,14H,7,9,13H2,1-2H3.